The van der Waals surface area contributed by atoms with Crippen molar-refractivity contribution < 1.29 is 14.3 Å². The zero-order chi connectivity index (χ0) is 23.4. The summed E-state index contributed by atoms with van der Waals surface area (Å²) < 4.78 is 5.49. The number of aromatic amines is 1. The molecule has 1 aromatic heterocycles. The monoisotopic (exact) mass is 446 g/mol. The van der Waals surface area contributed by atoms with Crippen molar-refractivity contribution in [1.82, 2.24) is 20.4 Å². The van der Waals surface area contributed by atoms with Crippen molar-refractivity contribution in [2.75, 3.05) is 26.7 Å². The van der Waals surface area contributed by atoms with Crippen molar-refractivity contribution in [3.8, 4) is 16.9 Å². The van der Waals surface area contributed by atoms with Crippen LogP contribution >= 0.6 is 0 Å². The van der Waals surface area contributed by atoms with Crippen LogP contribution in [-0.2, 0) is 11.2 Å². The van der Waals surface area contributed by atoms with E-state index in [1.807, 2.05) is 38.1 Å². The van der Waals surface area contributed by atoms with Crippen LogP contribution in [0.2, 0.25) is 0 Å². The maximum Gasteiger partial charge on any atom is 0.257 e. The Labute approximate surface area is 194 Å². The van der Waals surface area contributed by atoms with Gasteiger partial charge in [-0.15, -0.1) is 0 Å². The van der Waals surface area contributed by atoms with E-state index < -0.39 is 5.41 Å². The molecule has 1 aliphatic rings. The molecule has 1 fully saturated rings. The third-order valence-corrected chi connectivity index (χ3v) is 6.43. The molecule has 7 nitrogen and oxygen atoms in total. The van der Waals surface area contributed by atoms with Crippen LogP contribution in [0, 0.1) is 12.3 Å². The lowest BCUT2D eigenvalue weighted by Crippen LogP contribution is -2.45. The van der Waals surface area contributed by atoms with Gasteiger partial charge in [-0.3, -0.25) is 14.7 Å². The van der Waals surface area contributed by atoms with Crippen LogP contribution in [0.25, 0.3) is 11.1 Å². The molecule has 1 unspecified atom stereocenters. The Kier molecular flexibility index (Phi) is 6.49. The standard InChI is InChI=1S/C26H30N4O3/c1-4-27-25(32)26(13-14-30(17-26)24(31)22-16-28-29-18(22)2)15-19-9-11-20(12-10-19)21-7-5-6-8-23(21)33-3/h5-12,16H,4,13-15,17H2,1-3H3,(H,27,32)(H,28,29). The highest BCUT2D eigenvalue weighted by Crippen LogP contribution is 2.37. The third-order valence-electron chi connectivity index (χ3n) is 6.43. The molecule has 2 N–H and O–H groups in total. The van der Waals surface area contributed by atoms with Crippen LogP contribution in [0.3, 0.4) is 0 Å². The van der Waals surface area contributed by atoms with E-state index in [-0.39, 0.29) is 11.8 Å². The molecule has 0 aliphatic carbocycles. The van der Waals surface area contributed by atoms with Crippen LogP contribution < -0.4 is 10.1 Å². The highest BCUT2D eigenvalue weighted by Gasteiger charge is 2.46. The van der Waals surface area contributed by atoms with Gasteiger partial charge in [-0.25, -0.2) is 0 Å². The molecule has 0 bridgehead atoms. The van der Waals surface area contributed by atoms with Crippen molar-refractivity contribution in [2.24, 2.45) is 5.41 Å². The Morgan fingerprint density at radius 1 is 1.18 bits per heavy atom. The topological polar surface area (TPSA) is 87.3 Å². The lowest BCUT2D eigenvalue weighted by Gasteiger charge is -2.28. The largest absolute Gasteiger partial charge is 0.496 e. The number of hydrogen-bond donors (Lipinski definition) is 2. The number of hydrogen-bond acceptors (Lipinski definition) is 4. The molecule has 1 saturated heterocycles. The van der Waals surface area contributed by atoms with Gasteiger partial charge in [-0.2, -0.15) is 5.10 Å². The highest BCUT2D eigenvalue weighted by atomic mass is 16.5. The second-order valence-electron chi connectivity index (χ2n) is 8.60. The maximum atomic E-state index is 13.2. The molecule has 3 aromatic rings. The summed E-state index contributed by atoms with van der Waals surface area (Å²) in [4.78, 5) is 28.0. The first-order valence-electron chi connectivity index (χ1n) is 11.3. The number of aromatic nitrogens is 2. The number of nitrogens with one attached hydrogen (secondary N) is 2. The number of benzene rings is 2. The predicted molar refractivity (Wildman–Crippen MR) is 127 cm³/mol. The molecule has 2 amide bonds. The number of methoxy groups -OCH3 is 1. The van der Waals surface area contributed by atoms with E-state index in [4.69, 9.17) is 4.74 Å². The van der Waals surface area contributed by atoms with Crippen LogP contribution in [0.15, 0.2) is 54.7 Å². The van der Waals surface area contributed by atoms with E-state index in [0.717, 1.165) is 28.1 Å². The van der Waals surface area contributed by atoms with Crippen LogP contribution in [0.4, 0.5) is 0 Å². The molecule has 1 atom stereocenters. The molecule has 1 aliphatic heterocycles. The van der Waals surface area contributed by atoms with Gasteiger partial charge in [-0.05, 0) is 43.9 Å². The zero-order valence-corrected chi connectivity index (χ0v) is 19.4. The first kappa shape index (κ1) is 22.6. The Morgan fingerprint density at radius 2 is 1.94 bits per heavy atom. The number of likely N-dealkylation sites (tertiary alicyclic amines) is 1. The SMILES string of the molecule is CCNC(=O)C1(Cc2ccc(-c3ccccc3OC)cc2)CCN(C(=O)c2cn[nH]c2C)C1. The second-order valence-corrected chi connectivity index (χ2v) is 8.60. The van der Waals surface area contributed by atoms with Gasteiger partial charge in [0.25, 0.3) is 5.91 Å². The average Bonchev–Trinajstić information content (AvgIpc) is 3.46. The summed E-state index contributed by atoms with van der Waals surface area (Å²) in [5, 5.41) is 9.78. The van der Waals surface area contributed by atoms with E-state index in [9.17, 15) is 9.59 Å². The fraction of sp³-hybridized carbons (Fsp3) is 0.346. The number of H-pyrrole nitrogens is 1. The summed E-state index contributed by atoms with van der Waals surface area (Å²) in [7, 11) is 1.67. The summed E-state index contributed by atoms with van der Waals surface area (Å²) >= 11 is 0. The van der Waals surface area contributed by atoms with E-state index in [1.54, 1.807) is 18.2 Å². The van der Waals surface area contributed by atoms with Crippen LogP contribution in [0.5, 0.6) is 5.75 Å². The summed E-state index contributed by atoms with van der Waals surface area (Å²) in [6, 6.07) is 16.2. The predicted octanol–water partition coefficient (Wildman–Crippen LogP) is 3.60. The van der Waals surface area contributed by atoms with Crippen molar-refractivity contribution in [2.45, 2.75) is 26.7 Å². The van der Waals surface area contributed by atoms with Crippen LogP contribution in [-0.4, -0.2) is 53.7 Å². The number of para-hydroxylation sites is 1. The smallest absolute Gasteiger partial charge is 0.257 e. The highest BCUT2D eigenvalue weighted by molar-refractivity contribution is 5.96. The summed E-state index contributed by atoms with van der Waals surface area (Å²) in [6.07, 6.45) is 2.75. The quantitative estimate of drug-likeness (QED) is 0.581. The minimum Gasteiger partial charge on any atom is -0.496 e. The molecule has 0 spiro atoms. The Balaban J connectivity index is 1.57. The van der Waals surface area contributed by atoms with Crippen molar-refractivity contribution in [1.29, 1.82) is 0 Å². The molecular weight excluding hydrogens is 416 g/mol. The first-order valence-corrected chi connectivity index (χ1v) is 11.3. The first-order chi connectivity index (χ1) is 16.0. The van der Waals surface area contributed by atoms with E-state index in [0.29, 0.717) is 38.0 Å². The summed E-state index contributed by atoms with van der Waals surface area (Å²) in [5.74, 6) is 0.737. The lowest BCUT2D eigenvalue weighted by molar-refractivity contribution is -0.130. The maximum absolute atomic E-state index is 13.2. The van der Waals surface area contributed by atoms with Gasteiger partial charge in [0, 0.05) is 30.9 Å². The molecular formula is C26H30N4O3. The molecule has 7 heteroatoms. The molecule has 172 valence electrons. The van der Waals surface area contributed by atoms with Gasteiger partial charge >= 0.3 is 0 Å². The normalized spacial score (nSPS) is 17.7. The Bertz CT molecular complexity index is 1140. The van der Waals surface area contributed by atoms with Gasteiger partial charge in [0.15, 0.2) is 0 Å². The fourth-order valence-electron chi connectivity index (χ4n) is 4.62. The molecule has 0 radical (unpaired) electrons. The molecule has 0 saturated carbocycles. The average molecular weight is 447 g/mol. The van der Waals surface area contributed by atoms with E-state index >= 15 is 0 Å². The molecule has 2 heterocycles. The molecule has 33 heavy (non-hydrogen) atoms. The minimum atomic E-state index is -0.657. The minimum absolute atomic E-state index is 0.00183. The number of carbonyl (C=O) groups is 2. The Hall–Kier alpha value is -3.61. The molecule has 2 aromatic carbocycles. The second kappa shape index (κ2) is 9.48. The van der Waals surface area contributed by atoms with Gasteiger partial charge in [0.05, 0.1) is 24.3 Å². The lowest BCUT2D eigenvalue weighted by atomic mass is 9.79. The van der Waals surface area contributed by atoms with Crippen LogP contribution in [0.1, 0.15) is 35.0 Å². The van der Waals surface area contributed by atoms with Gasteiger partial charge in [-0.1, -0.05) is 42.5 Å². The van der Waals surface area contributed by atoms with Gasteiger partial charge in [0.2, 0.25) is 5.91 Å². The number of rotatable bonds is 7. The zero-order valence-electron chi connectivity index (χ0n) is 19.4. The van der Waals surface area contributed by atoms with Gasteiger partial charge < -0.3 is 15.0 Å². The summed E-state index contributed by atoms with van der Waals surface area (Å²) in [5.41, 5.74) is 3.79. The molecule has 4 rings (SSSR count). The third kappa shape index (κ3) is 4.49. The fourth-order valence-corrected chi connectivity index (χ4v) is 4.62. The van der Waals surface area contributed by atoms with Crippen molar-refractivity contribution in [3.05, 3.63) is 71.5 Å². The number of aryl methyl sites for hydroxylation is 1. The van der Waals surface area contributed by atoms with Crippen molar-refractivity contribution in [3.63, 3.8) is 0 Å². The number of carbonyl (C=O) groups excluding carboxylic acids is 2. The van der Waals surface area contributed by atoms with E-state index in [2.05, 4.69) is 39.8 Å². The summed E-state index contributed by atoms with van der Waals surface area (Å²) in [6.45, 7) is 5.23. The number of nitrogens with zero attached hydrogens (tertiary/aromatic N) is 2. The van der Waals surface area contributed by atoms with Crippen molar-refractivity contribution >= 4 is 11.8 Å². The number of ether oxygens (including phenoxy) is 1. The van der Waals surface area contributed by atoms with Gasteiger partial charge in [0.1, 0.15) is 5.75 Å². The Morgan fingerprint density at radius 3 is 2.61 bits per heavy atom. The number of amides is 2. The van der Waals surface area contributed by atoms with E-state index in [1.165, 1.54) is 0 Å².